The number of hydrogen-bond acceptors (Lipinski definition) is 5. The van der Waals surface area contributed by atoms with Crippen LogP contribution in [0, 0.1) is 22.0 Å². The van der Waals surface area contributed by atoms with Crippen LogP contribution in [0.1, 0.15) is 45.6 Å². The molecule has 2 rings (SSSR count). The first-order chi connectivity index (χ1) is 11.2. The molecule has 6 heteroatoms. The van der Waals surface area contributed by atoms with E-state index in [0.717, 1.165) is 0 Å². The van der Waals surface area contributed by atoms with Crippen LogP contribution in [0.3, 0.4) is 0 Å². The molecule has 24 heavy (non-hydrogen) atoms. The minimum atomic E-state index is -0.624. The van der Waals surface area contributed by atoms with Gasteiger partial charge in [0, 0.05) is 24.0 Å². The molecule has 2 unspecified atom stereocenters. The first kappa shape index (κ1) is 18.1. The van der Waals surface area contributed by atoms with Crippen molar-refractivity contribution in [2.24, 2.45) is 11.8 Å². The lowest BCUT2D eigenvalue weighted by molar-refractivity contribution is -0.385. The van der Waals surface area contributed by atoms with Crippen molar-refractivity contribution in [2.75, 3.05) is 0 Å². The second-order valence-electron chi connectivity index (χ2n) is 7.19. The largest absolute Gasteiger partial charge is 0.460 e. The zero-order chi connectivity index (χ0) is 17.9. The van der Waals surface area contributed by atoms with Gasteiger partial charge >= 0.3 is 5.97 Å². The van der Waals surface area contributed by atoms with Crippen molar-refractivity contribution in [3.63, 3.8) is 0 Å². The summed E-state index contributed by atoms with van der Waals surface area (Å²) in [5, 5.41) is 11.2. The molecule has 0 aliphatic heterocycles. The van der Waals surface area contributed by atoms with Crippen LogP contribution in [-0.2, 0) is 20.7 Å². The average molecular weight is 333 g/mol. The molecule has 1 aliphatic rings. The maximum absolute atomic E-state index is 12.5. The molecule has 2 atom stereocenters. The summed E-state index contributed by atoms with van der Waals surface area (Å²) >= 11 is 0. The van der Waals surface area contributed by atoms with Gasteiger partial charge in [-0.25, -0.2) is 0 Å². The summed E-state index contributed by atoms with van der Waals surface area (Å²) in [6, 6.07) is 6.37. The Morgan fingerprint density at radius 2 is 2.00 bits per heavy atom. The van der Waals surface area contributed by atoms with E-state index in [1.807, 2.05) is 0 Å². The highest BCUT2D eigenvalue weighted by atomic mass is 16.6. The fourth-order valence-corrected chi connectivity index (χ4v) is 3.12. The van der Waals surface area contributed by atoms with E-state index >= 15 is 0 Å². The molecule has 0 spiro atoms. The van der Waals surface area contributed by atoms with Gasteiger partial charge in [-0.15, -0.1) is 0 Å². The van der Waals surface area contributed by atoms with Gasteiger partial charge in [0.05, 0.1) is 10.8 Å². The van der Waals surface area contributed by atoms with Crippen molar-refractivity contribution in [3.8, 4) is 0 Å². The lowest BCUT2D eigenvalue weighted by atomic mass is 9.75. The summed E-state index contributed by atoms with van der Waals surface area (Å²) in [4.78, 5) is 35.6. The molecule has 0 bridgehead atoms. The van der Waals surface area contributed by atoms with Crippen molar-refractivity contribution in [2.45, 2.75) is 52.1 Å². The van der Waals surface area contributed by atoms with Gasteiger partial charge in [-0.3, -0.25) is 19.7 Å². The van der Waals surface area contributed by atoms with Crippen LogP contribution in [0.4, 0.5) is 5.69 Å². The molecule has 1 aromatic rings. The monoisotopic (exact) mass is 333 g/mol. The second kappa shape index (κ2) is 7.11. The smallest absolute Gasteiger partial charge is 0.310 e. The van der Waals surface area contributed by atoms with Gasteiger partial charge < -0.3 is 4.74 Å². The third kappa shape index (κ3) is 4.40. The molecule has 0 radical (unpaired) electrons. The number of nitro benzene ring substituents is 1. The number of nitrogens with zero attached hydrogens (tertiary/aromatic N) is 1. The Morgan fingerprint density at radius 3 is 2.62 bits per heavy atom. The summed E-state index contributed by atoms with van der Waals surface area (Å²) < 4.78 is 5.45. The number of Topliss-reactive ketones (excluding diaryl/α,β-unsaturated/α-hetero) is 1. The van der Waals surface area contributed by atoms with E-state index in [9.17, 15) is 19.7 Å². The van der Waals surface area contributed by atoms with Crippen LogP contribution in [0.15, 0.2) is 24.3 Å². The lowest BCUT2D eigenvalue weighted by Gasteiger charge is -2.31. The van der Waals surface area contributed by atoms with Crippen molar-refractivity contribution in [1.82, 2.24) is 0 Å². The number of ether oxygens (including phenoxy) is 1. The number of esters is 1. The van der Waals surface area contributed by atoms with Gasteiger partial charge in [-0.1, -0.05) is 18.2 Å². The van der Waals surface area contributed by atoms with Gasteiger partial charge in [0.1, 0.15) is 11.4 Å². The van der Waals surface area contributed by atoms with E-state index in [-0.39, 0.29) is 23.9 Å². The number of para-hydroxylation sites is 1. The first-order valence-corrected chi connectivity index (χ1v) is 8.17. The van der Waals surface area contributed by atoms with Gasteiger partial charge in [-0.2, -0.15) is 0 Å². The zero-order valence-electron chi connectivity index (χ0n) is 14.3. The topological polar surface area (TPSA) is 86.5 Å². The number of carbonyl (C=O) groups excluding carboxylic acids is 2. The maximum Gasteiger partial charge on any atom is 0.310 e. The molecule has 0 saturated heterocycles. The van der Waals surface area contributed by atoms with Crippen LogP contribution >= 0.6 is 0 Å². The van der Waals surface area contributed by atoms with E-state index < -0.39 is 22.4 Å². The summed E-state index contributed by atoms with van der Waals surface area (Å²) in [6.07, 6.45) is 1.83. The Kier molecular flexibility index (Phi) is 5.36. The highest BCUT2D eigenvalue weighted by Gasteiger charge is 2.39. The minimum Gasteiger partial charge on any atom is -0.460 e. The standard InChI is InChI=1S/C18H23NO5/c1-18(2,3)24-17(21)13-8-6-10-16(20)14(13)11-12-7-4-5-9-15(12)19(22)23/h4-5,7,9,13-14H,6,8,10-11H2,1-3H3. The Balaban J connectivity index is 2.26. The summed E-state index contributed by atoms with van der Waals surface area (Å²) in [5.74, 6) is -1.51. The molecule has 1 saturated carbocycles. The van der Waals surface area contributed by atoms with E-state index in [4.69, 9.17) is 4.74 Å². The predicted molar refractivity (Wildman–Crippen MR) is 88.5 cm³/mol. The summed E-state index contributed by atoms with van der Waals surface area (Å²) in [6.45, 7) is 5.35. The molecule has 0 aromatic heterocycles. The fraction of sp³-hybridized carbons (Fsp3) is 0.556. The van der Waals surface area contributed by atoms with E-state index in [1.165, 1.54) is 6.07 Å². The third-order valence-corrected chi connectivity index (χ3v) is 4.18. The number of benzene rings is 1. The molecule has 0 N–H and O–H groups in total. The molecule has 1 aliphatic carbocycles. The molecule has 130 valence electrons. The van der Waals surface area contributed by atoms with E-state index in [1.54, 1.807) is 39.0 Å². The Labute approximate surface area is 141 Å². The van der Waals surface area contributed by atoms with Gasteiger partial charge in [0.25, 0.3) is 5.69 Å². The fourth-order valence-electron chi connectivity index (χ4n) is 3.12. The second-order valence-corrected chi connectivity index (χ2v) is 7.19. The quantitative estimate of drug-likeness (QED) is 0.478. The third-order valence-electron chi connectivity index (χ3n) is 4.18. The highest BCUT2D eigenvalue weighted by Crippen LogP contribution is 2.34. The van der Waals surface area contributed by atoms with Gasteiger partial charge in [0.15, 0.2) is 0 Å². The molecule has 1 aromatic carbocycles. The SMILES string of the molecule is CC(C)(C)OC(=O)C1CCCC(=O)C1Cc1ccccc1[N+](=O)[O-]. The van der Waals surface area contributed by atoms with Crippen LogP contribution in [0.25, 0.3) is 0 Å². The van der Waals surface area contributed by atoms with Gasteiger partial charge in [0.2, 0.25) is 0 Å². The van der Waals surface area contributed by atoms with Crippen molar-refractivity contribution >= 4 is 17.4 Å². The van der Waals surface area contributed by atoms with Crippen LogP contribution < -0.4 is 0 Å². The lowest BCUT2D eigenvalue weighted by Crippen LogP contribution is -2.39. The molecule has 0 heterocycles. The van der Waals surface area contributed by atoms with Crippen LogP contribution in [0.2, 0.25) is 0 Å². The molecule has 6 nitrogen and oxygen atoms in total. The zero-order valence-corrected chi connectivity index (χ0v) is 14.3. The minimum absolute atomic E-state index is 0.0150. The predicted octanol–water partition coefficient (Wildman–Crippen LogP) is 3.46. The van der Waals surface area contributed by atoms with Gasteiger partial charge in [-0.05, 0) is 40.0 Å². The summed E-state index contributed by atoms with van der Waals surface area (Å²) in [5.41, 5.74) is -0.156. The van der Waals surface area contributed by atoms with E-state index in [0.29, 0.717) is 24.8 Å². The number of rotatable bonds is 4. The number of hydrogen-bond donors (Lipinski definition) is 0. The molecule has 1 fully saturated rings. The Morgan fingerprint density at radius 1 is 1.33 bits per heavy atom. The Bertz CT molecular complexity index is 647. The number of nitro groups is 1. The average Bonchev–Trinajstić information content (AvgIpc) is 2.47. The molecular formula is C18H23NO5. The van der Waals surface area contributed by atoms with Crippen LogP contribution in [0.5, 0.6) is 0 Å². The normalized spacial score (nSPS) is 21.4. The van der Waals surface area contributed by atoms with E-state index in [2.05, 4.69) is 0 Å². The van der Waals surface area contributed by atoms with Crippen LogP contribution in [-0.4, -0.2) is 22.3 Å². The van der Waals surface area contributed by atoms with Crippen molar-refractivity contribution in [1.29, 1.82) is 0 Å². The molecule has 0 amide bonds. The Hall–Kier alpha value is -2.24. The first-order valence-electron chi connectivity index (χ1n) is 8.17. The molecular weight excluding hydrogens is 310 g/mol. The van der Waals surface area contributed by atoms with Crippen molar-refractivity contribution < 1.29 is 19.2 Å². The number of carbonyl (C=O) groups is 2. The summed E-state index contributed by atoms with van der Waals surface area (Å²) in [7, 11) is 0. The number of ketones is 1. The highest BCUT2D eigenvalue weighted by molar-refractivity contribution is 5.88. The maximum atomic E-state index is 12.5. The van der Waals surface area contributed by atoms with Crippen molar-refractivity contribution in [3.05, 3.63) is 39.9 Å².